The van der Waals surface area contributed by atoms with E-state index in [2.05, 4.69) is 26.0 Å². The maximum atomic E-state index is 11.6. The van der Waals surface area contributed by atoms with Gasteiger partial charge in [0, 0.05) is 17.4 Å². The maximum Gasteiger partial charge on any atom is 0.339 e. The van der Waals surface area contributed by atoms with Crippen molar-refractivity contribution in [2.75, 3.05) is 17.8 Å². The summed E-state index contributed by atoms with van der Waals surface area (Å²) in [4.78, 5) is 23.1. The summed E-state index contributed by atoms with van der Waals surface area (Å²) in [5.74, 6) is -0.612. The van der Waals surface area contributed by atoms with Crippen LogP contribution in [-0.2, 0) is 9.53 Å². The van der Waals surface area contributed by atoms with E-state index in [0.29, 0.717) is 17.1 Å². The quantitative estimate of drug-likeness (QED) is 0.485. The lowest BCUT2D eigenvalue weighted by Gasteiger charge is -2.08. The number of unbranched alkanes of at least 4 members (excludes halogenated alkanes) is 1. The van der Waals surface area contributed by atoms with E-state index in [1.807, 2.05) is 0 Å². The molecule has 0 atom stereocenters. The summed E-state index contributed by atoms with van der Waals surface area (Å²) < 4.78 is 4.62. The van der Waals surface area contributed by atoms with Gasteiger partial charge >= 0.3 is 5.97 Å². The molecule has 0 aromatic heterocycles. The first kappa shape index (κ1) is 16.0. The number of ether oxygens (including phenoxy) is 1. The molecule has 104 valence electrons. The van der Waals surface area contributed by atoms with Crippen LogP contribution in [0.2, 0.25) is 5.02 Å². The van der Waals surface area contributed by atoms with E-state index in [1.165, 1.54) is 13.2 Å². The zero-order chi connectivity index (χ0) is 14.3. The summed E-state index contributed by atoms with van der Waals surface area (Å²) in [6, 6.07) is 4.72. The molecule has 1 aromatic carbocycles. The van der Waals surface area contributed by atoms with Crippen LogP contribution in [0, 0.1) is 0 Å². The number of nitrogens with one attached hydrogen (secondary N) is 1. The van der Waals surface area contributed by atoms with Crippen LogP contribution in [0.25, 0.3) is 0 Å². The van der Waals surface area contributed by atoms with Crippen LogP contribution in [0.1, 0.15) is 29.6 Å². The Bertz CT molecular complexity index is 465. The van der Waals surface area contributed by atoms with Gasteiger partial charge in [-0.05, 0) is 31.0 Å². The number of benzene rings is 1. The van der Waals surface area contributed by atoms with Crippen LogP contribution < -0.4 is 5.32 Å². The van der Waals surface area contributed by atoms with Gasteiger partial charge < -0.3 is 10.1 Å². The molecule has 0 bridgehead atoms. The Hall–Kier alpha value is -1.07. The fourth-order valence-electron chi connectivity index (χ4n) is 1.47. The zero-order valence-electron chi connectivity index (χ0n) is 10.5. The Morgan fingerprint density at radius 2 is 2.11 bits per heavy atom. The van der Waals surface area contributed by atoms with E-state index in [1.54, 1.807) is 12.1 Å². The van der Waals surface area contributed by atoms with Gasteiger partial charge in [0.1, 0.15) is 0 Å². The average Bonchev–Trinajstić information content (AvgIpc) is 2.40. The number of hydrogen-bond acceptors (Lipinski definition) is 3. The van der Waals surface area contributed by atoms with Gasteiger partial charge in [-0.2, -0.15) is 0 Å². The van der Waals surface area contributed by atoms with Gasteiger partial charge in [0.2, 0.25) is 5.91 Å². The SMILES string of the molecule is COC(=O)c1cc(NC(=O)CCCCBr)ccc1Cl. The lowest BCUT2D eigenvalue weighted by molar-refractivity contribution is -0.116. The molecule has 1 N–H and O–H groups in total. The summed E-state index contributed by atoms with van der Waals surface area (Å²) in [6.45, 7) is 0. The summed E-state index contributed by atoms with van der Waals surface area (Å²) in [6.07, 6.45) is 2.21. The fraction of sp³-hybridized carbons (Fsp3) is 0.385. The molecule has 0 radical (unpaired) electrons. The third kappa shape index (κ3) is 5.20. The van der Waals surface area contributed by atoms with Crippen molar-refractivity contribution in [3.63, 3.8) is 0 Å². The second-order valence-corrected chi connectivity index (χ2v) is 5.08. The Morgan fingerprint density at radius 1 is 1.37 bits per heavy atom. The third-order valence-corrected chi connectivity index (χ3v) is 3.33. The van der Waals surface area contributed by atoms with Crippen LogP contribution in [-0.4, -0.2) is 24.3 Å². The third-order valence-electron chi connectivity index (χ3n) is 2.44. The monoisotopic (exact) mass is 347 g/mol. The van der Waals surface area contributed by atoms with Gasteiger partial charge in [-0.25, -0.2) is 4.79 Å². The number of amides is 1. The summed E-state index contributed by atoms with van der Waals surface area (Å²) in [5, 5.41) is 3.90. The normalized spacial score (nSPS) is 10.1. The number of alkyl halides is 1. The van der Waals surface area contributed by atoms with Gasteiger partial charge in [-0.3, -0.25) is 4.79 Å². The predicted octanol–water partition coefficient (Wildman–Crippen LogP) is 3.63. The average molecular weight is 349 g/mol. The lowest BCUT2D eigenvalue weighted by atomic mass is 10.2. The second kappa shape index (κ2) is 8.17. The molecule has 0 fully saturated rings. The minimum Gasteiger partial charge on any atom is -0.465 e. The van der Waals surface area contributed by atoms with Gasteiger partial charge in [0.25, 0.3) is 0 Å². The van der Waals surface area contributed by atoms with Gasteiger partial charge in [-0.15, -0.1) is 0 Å². The predicted molar refractivity (Wildman–Crippen MR) is 79.1 cm³/mol. The number of halogens is 2. The van der Waals surface area contributed by atoms with Crippen LogP contribution in [0.15, 0.2) is 18.2 Å². The highest BCUT2D eigenvalue weighted by atomic mass is 79.9. The highest BCUT2D eigenvalue weighted by Gasteiger charge is 2.12. The fourth-order valence-corrected chi connectivity index (χ4v) is 2.06. The Balaban J connectivity index is 2.69. The summed E-state index contributed by atoms with van der Waals surface area (Å²) >= 11 is 9.20. The molecule has 4 nitrogen and oxygen atoms in total. The van der Waals surface area contributed by atoms with Gasteiger partial charge in [-0.1, -0.05) is 27.5 Å². The maximum absolute atomic E-state index is 11.6. The van der Waals surface area contributed by atoms with Crippen molar-refractivity contribution >= 4 is 45.1 Å². The van der Waals surface area contributed by atoms with Gasteiger partial charge in [0.15, 0.2) is 0 Å². The number of methoxy groups -OCH3 is 1. The molecule has 0 unspecified atom stereocenters. The zero-order valence-corrected chi connectivity index (χ0v) is 12.9. The smallest absolute Gasteiger partial charge is 0.339 e. The van der Waals surface area contributed by atoms with E-state index in [0.717, 1.165) is 18.2 Å². The van der Waals surface area contributed by atoms with Crippen molar-refractivity contribution < 1.29 is 14.3 Å². The minimum absolute atomic E-state index is 0.0842. The first-order valence-corrected chi connectivity index (χ1v) is 7.32. The molecule has 0 spiro atoms. The van der Waals surface area contributed by atoms with Crippen molar-refractivity contribution in [1.29, 1.82) is 0 Å². The number of carbonyl (C=O) groups is 2. The lowest BCUT2D eigenvalue weighted by Crippen LogP contribution is -2.12. The number of carbonyl (C=O) groups excluding carboxylic acids is 2. The Kier molecular flexibility index (Phi) is 6.87. The van der Waals surface area contributed by atoms with Crippen LogP contribution in [0.5, 0.6) is 0 Å². The molecule has 19 heavy (non-hydrogen) atoms. The van der Waals surface area contributed by atoms with Crippen LogP contribution in [0.4, 0.5) is 5.69 Å². The van der Waals surface area contributed by atoms with Gasteiger partial charge in [0.05, 0.1) is 17.7 Å². The largest absolute Gasteiger partial charge is 0.465 e. The highest BCUT2D eigenvalue weighted by molar-refractivity contribution is 9.09. The number of anilines is 1. The summed E-state index contributed by atoms with van der Waals surface area (Å²) in [5.41, 5.74) is 0.774. The number of hydrogen-bond donors (Lipinski definition) is 1. The van der Waals surface area contributed by atoms with Crippen molar-refractivity contribution in [2.45, 2.75) is 19.3 Å². The molecule has 0 saturated heterocycles. The number of esters is 1. The van der Waals surface area contributed by atoms with Crippen molar-refractivity contribution in [1.82, 2.24) is 0 Å². The Labute approximate surface area is 125 Å². The molecule has 6 heteroatoms. The second-order valence-electron chi connectivity index (χ2n) is 3.88. The van der Waals surface area contributed by atoms with Crippen molar-refractivity contribution in [3.8, 4) is 0 Å². The van der Waals surface area contributed by atoms with Crippen molar-refractivity contribution in [3.05, 3.63) is 28.8 Å². The standard InChI is InChI=1S/C13H15BrClNO3/c1-19-13(18)10-8-9(5-6-11(10)15)16-12(17)4-2-3-7-14/h5-6,8H,2-4,7H2,1H3,(H,16,17). The van der Waals surface area contributed by atoms with Crippen LogP contribution >= 0.6 is 27.5 Å². The Morgan fingerprint density at radius 3 is 2.74 bits per heavy atom. The molecule has 0 saturated carbocycles. The molecule has 0 heterocycles. The molecule has 0 aliphatic carbocycles. The number of rotatable bonds is 6. The molecule has 0 aliphatic rings. The van der Waals surface area contributed by atoms with E-state index >= 15 is 0 Å². The van der Waals surface area contributed by atoms with Crippen LogP contribution in [0.3, 0.4) is 0 Å². The van der Waals surface area contributed by atoms with Crippen molar-refractivity contribution in [2.24, 2.45) is 0 Å². The summed E-state index contributed by atoms with van der Waals surface area (Å²) in [7, 11) is 1.28. The molecular formula is C13H15BrClNO3. The first-order chi connectivity index (χ1) is 9.08. The van der Waals surface area contributed by atoms with E-state index in [4.69, 9.17) is 11.6 Å². The highest BCUT2D eigenvalue weighted by Crippen LogP contribution is 2.21. The first-order valence-electron chi connectivity index (χ1n) is 5.82. The molecule has 0 aliphatic heterocycles. The van der Waals surface area contributed by atoms with E-state index < -0.39 is 5.97 Å². The molecule has 1 amide bonds. The molecule has 1 rings (SSSR count). The van der Waals surface area contributed by atoms with E-state index in [-0.39, 0.29) is 11.5 Å². The minimum atomic E-state index is -0.527. The topological polar surface area (TPSA) is 55.4 Å². The molecule has 1 aromatic rings. The van der Waals surface area contributed by atoms with E-state index in [9.17, 15) is 9.59 Å². The molecular weight excluding hydrogens is 334 g/mol.